The minimum absolute atomic E-state index is 0.144. The van der Waals surface area contributed by atoms with Crippen molar-refractivity contribution in [3.05, 3.63) is 17.5 Å². The Labute approximate surface area is 107 Å². The summed E-state index contributed by atoms with van der Waals surface area (Å²) in [5.41, 5.74) is 1.70. The zero-order valence-corrected chi connectivity index (χ0v) is 11.0. The summed E-state index contributed by atoms with van der Waals surface area (Å²) in [6.45, 7) is 4.81. The Morgan fingerprint density at radius 1 is 1.50 bits per heavy atom. The van der Waals surface area contributed by atoms with Gasteiger partial charge in [0.1, 0.15) is 0 Å². The quantitative estimate of drug-likeness (QED) is 0.789. The summed E-state index contributed by atoms with van der Waals surface area (Å²) in [4.78, 5) is 14.5. The molecule has 0 radical (unpaired) electrons. The molecule has 5 heteroatoms. The number of nitrogens with zero attached hydrogens (tertiary/aromatic N) is 3. The van der Waals surface area contributed by atoms with Gasteiger partial charge in [0.2, 0.25) is 0 Å². The summed E-state index contributed by atoms with van der Waals surface area (Å²) in [5, 5.41) is 7.67. The van der Waals surface area contributed by atoms with Gasteiger partial charge in [-0.3, -0.25) is 9.48 Å². The van der Waals surface area contributed by atoms with E-state index in [-0.39, 0.29) is 5.91 Å². The number of rotatable bonds is 1. The van der Waals surface area contributed by atoms with E-state index in [9.17, 15) is 4.79 Å². The second kappa shape index (κ2) is 4.39. The summed E-state index contributed by atoms with van der Waals surface area (Å²) in [6, 6.07) is 0.629. The minimum atomic E-state index is 0.144. The number of nitrogens with one attached hydrogen (secondary N) is 1. The normalized spacial score (nSPS) is 27.3. The lowest BCUT2D eigenvalue weighted by atomic mass is 9.93. The summed E-state index contributed by atoms with van der Waals surface area (Å²) < 4.78 is 1.76. The standard InChI is InChI=1S/C13H20N4O/c1-9-11(7-15-16(9)2)13(18)17-6-4-12-10(8-17)3-5-14-12/h7,10,12,14H,3-6,8H2,1-2H3. The highest BCUT2D eigenvalue weighted by molar-refractivity contribution is 5.95. The van der Waals surface area contributed by atoms with Gasteiger partial charge in [-0.25, -0.2) is 0 Å². The fraction of sp³-hybridized carbons (Fsp3) is 0.692. The van der Waals surface area contributed by atoms with Gasteiger partial charge in [0.15, 0.2) is 0 Å². The molecule has 1 aromatic heterocycles. The number of aromatic nitrogens is 2. The second-order valence-electron chi connectivity index (χ2n) is 5.42. The van der Waals surface area contributed by atoms with E-state index in [1.54, 1.807) is 10.9 Å². The Hall–Kier alpha value is -1.36. The molecule has 1 amide bonds. The van der Waals surface area contributed by atoms with Gasteiger partial charge >= 0.3 is 0 Å². The summed E-state index contributed by atoms with van der Waals surface area (Å²) >= 11 is 0. The van der Waals surface area contributed by atoms with Crippen molar-refractivity contribution in [1.29, 1.82) is 0 Å². The fourth-order valence-electron chi connectivity index (χ4n) is 3.11. The molecule has 3 rings (SSSR count). The molecule has 0 spiro atoms. The van der Waals surface area contributed by atoms with Gasteiger partial charge in [-0.15, -0.1) is 0 Å². The van der Waals surface area contributed by atoms with Crippen molar-refractivity contribution in [3.63, 3.8) is 0 Å². The lowest BCUT2D eigenvalue weighted by Crippen LogP contribution is -2.46. The van der Waals surface area contributed by atoms with Crippen molar-refractivity contribution >= 4 is 5.91 Å². The Bertz CT molecular complexity index is 468. The number of carbonyl (C=O) groups excluding carboxylic acids is 1. The van der Waals surface area contributed by atoms with E-state index in [0.717, 1.165) is 37.3 Å². The molecule has 98 valence electrons. The summed E-state index contributed by atoms with van der Waals surface area (Å²) in [7, 11) is 1.87. The molecular formula is C13H20N4O. The topological polar surface area (TPSA) is 50.2 Å². The minimum Gasteiger partial charge on any atom is -0.338 e. The Morgan fingerprint density at radius 3 is 3.06 bits per heavy atom. The first-order valence-corrected chi connectivity index (χ1v) is 6.68. The maximum atomic E-state index is 12.5. The average molecular weight is 248 g/mol. The van der Waals surface area contributed by atoms with Crippen LogP contribution in [0.4, 0.5) is 0 Å². The number of amides is 1. The number of fused-ring (bicyclic) bond motifs is 1. The van der Waals surface area contributed by atoms with Crippen LogP contribution in [0.2, 0.25) is 0 Å². The summed E-state index contributed by atoms with van der Waals surface area (Å²) in [6.07, 6.45) is 3.97. The zero-order chi connectivity index (χ0) is 12.7. The molecule has 1 aromatic rings. The average Bonchev–Trinajstić information content (AvgIpc) is 2.96. The molecule has 2 atom stereocenters. The molecule has 0 saturated carbocycles. The third-order valence-corrected chi connectivity index (χ3v) is 4.41. The third kappa shape index (κ3) is 1.82. The molecule has 2 aliphatic rings. The molecule has 1 N–H and O–H groups in total. The Balaban J connectivity index is 1.75. The van der Waals surface area contributed by atoms with Crippen LogP contribution in [-0.2, 0) is 7.05 Å². The lowest BCUT2D eigenvalue weighted by Gasteiger charge is -2.34. The van der Waals surface area contributed by atoms with E-state index in [0.29, 0.717) is 12.0 Å². The van der Waals surface area contributed by atoms with Gasteiger partial charge in [-0.2, -0.15) is 5.10 Å². The maximum Gasteiger partial charge on any atom is 0.257 e. The first kappa shape index (κ1) is 11.7. The Morgan fingerprint density at radius 2 is 2.33 bits per heavy atom. The highest BCUT2D eigenvalue weighted by atomic mass is 16.2. The lowest BCUT2D eigenvalue weighted by molar-refractivity contribution is 0.0661. The van der Waals surface area contributed by atoms with E-state index in [2.05, 4.69) is 10.4 Å². The van der Waals surface area contributed by atoms with Gasteiger partial charge in [-0.05, 0) is 32.2 Å². The van der Waals surface area contributed by atoms with Gasteiger partial charge in [0, 0.05) is 31.9 Å². The van der Waals surface area contributed by atoms with E-state index in [1.807, 2.05) is 18.9 Å². The first-order chi connectivity index (χ1) is 8.66. The number of carbonyl (C=O) groups is 1. The van der Waals surface area contributed by atoms with Crippen LogP contribution in [-0.4, -0.2) is 46.3 Å². The van der Waals surface area contributed by atoms with Crippen LogP contribution in [0.1, 0.15) is 28.9 Å². The molecule has 18 heavy (non-hydrogen) atoms. The molecule has 5 nitrogen and oxygen atoms in total. The molecule has 2 unspecified atom stereocenters. The molecule has 2 fully saturated rings. The van der Waals surface area contributed by atoms with E-state index in [1.165, 1.54) is 6.42 Å². The number of aryl methyl sites for hydroxylation is 1. The first-order valence-electron chi connectivity index (χ1n) is 6.68. The predicted molar refractivity (Wildman–Crippen MR) is 68.4 cm³/mol. The fourth-order valence-corrected chi connectivity index (χ4v) is 3.11. The van der Waals surface area contributed by atoms with Crippen LogP contribution in [0, 0.1) is 12.8 Å². The van der Waals surface area contributed by atoms with Crippen LogP contribution in [0.15, 0.2) is 6.20 Å². The molecule has 0 bridgehead atoms. The number of hydrogen-bond donors (Lipinski definition) is 1. The molecule has 2 saturated heterocycles. The maximum absolute atomic E-state index is 12.5. The molecule has 0 aromatic carbocycles. The highest BCUT2D eigenvalue weighted by Gasteiger charge is 2.35. The van der Waals surface area contributed by atoms with Gasteiger partial charge < -0.3 is 10.2 Å². The van der Waals surface area contributed by atoms with Crippen LogP contribution < -0.4 is 5.32 Å². The van der Waals surface area contributed by atoms with Gasteiger partial charge in [0.05, 0.1) is 11.8 Å². The van der Waals surface area contributed by atoms with E-state index >= 15 is 0 Å². The van der Waals surface area contributed by atoms with E-state index in [4.69, 9.17) is 0 Å². The molecule has 3 heterocycles. The zero-order valence-electron chi connectivity index (χ0n) is 11.0. The van der Waals surface area contributed by atoms with Crippen molar-refractivity contribution in [1.82, 2.24) is 20.0 Å². The van der Waals surface area contributed by atoms with Crippen LogP contribution >= 0.6 is 0 Å². The number of hydrogen-bond acceptors (Lipinski definition) is 3. The predicted octanol–water partition coefficient (Wildman–Crippen LogP) is 0.553. The van der Waals surface area contributed by atoms with Crippen molar-refractivity contribution in [2.45, 2.75) is 25.8 Å². The largest absolute Gasteiger partial charge is 0.338 e. The SMILES string of the molecule is Cc1c(C(=O)N2CCC3NCCC3C2)cnn1C. The summed E-state index contributed by atoms with van der Waals surface area (Å²) in [5.74, 6) is 0.783. The molecular weight excluding hydrogens is 228 g/mol. The van der Waals surface area contributed by atoms with Crippen LogP contribution in [0.5, 0.6) is 0 Å². The third-order valence-electron chi connectivity index (χ3n) is 4.41. The van der Waals surface area contributed by atoms with Crippen molar-refractivity contribution < 1.29 is 4.79 Å². The van der Waals surface area contributed by atoms with Crippen molar-refractivity contribution in [2.75, 3.05) is 19.6 Å². The Kier molecular flexibility index (Phi) is 2.86. The van der Waals surface area contributed by atoms with Gasteiger partial charge in [0.25, 0.3) is 5.91 Å². The monoisotopic (exact) mass is 248 g/mol. The van der Waals surface area contributed by atoms with Crippen molar-refractivity contribution in [2.24, 2.45) is 13.0 Å². The van der Waals surface area contributed by atoms with E-state index < -0.39 is 0 Å². The van der Waals surface area contributed by atoms with Crippen molar-refractivity contribution in [3.8, 4) is 0 Å². The van der Waals surface area contributed by atoms with Gasteiger partial charge in [-0.1, -0.05) is 0 Å². The molecule has 2 aliphatic heterocycles. The molecule has 0 aliphatic carbocycles. The second-order valence-corrected chi connectivity index (χ2v) is 5.42. The highest BCUT2D eigenvalue weighted by Crippen LogP contribution is 2.25. The van der Waals surface area contributed by atoms with Crippen LogP contribution in [0.25, 0.3) is 0 Å². The number of likely N-dealkylation sites (tertiary alicyclic amines) is 1. The van der Waals surface area contributed by atoms with Crippen LogP contribution in [0.3, 0.4) is 0 Å². The number of piperidine rings is 1. The smallest absolute Gasteiger partial charge is 0.257 e.